The van der Waals surface area contributed by atoms with Gasteiger partial charge >= 0.3 is 0 Å². The third-order valence-corrected chi connectivity index (χ3v) is 5.58. The normalized spacial score (nSPS) is 11.0. The maximum Gasteiger partial charge on any atom is 0.254 e. The van der Waals surface area contributed by atoms with Gasteiger partial charge in [0, 0.05) is 16.0 Å². The zero-order chi connectivity index (χ0) is 16.5. The zero-order valence-electron chi connectivity index (χ0n) is 12.9. The highest BCUT2D eigenvalue weighted by molar-refractivity contribution is 7.13. The Morgan fingerprint density at radius 1 is 1.21 bits per heavy atom. The number of amides is 1. The molecule has 24 heavy (non-hydrogen) atoms. The summed E-state index contributed by atoms with van der Waals surface area (Å²) in [4.78, 5) is 19.2. The SMILES string of the molecule is Cc1c(C(=O)NCc2cccs2)cnc2c(-c3cccs3)cnn12. The fraction of sp³-hybridized carbons (Fsp3) is 0.118. The van der Waals surface area contributed by atoms with E-state index in [4.69, 9.17) is 0 Å². The second-order valence-corrected chi connectivity index (χ2v) is 7.27. The molecule has 0 aromatic carbocycles. The maximum absolute atomic E-state index is 12.5. The van der Waals surface area contributed by atoms with E-state index in [2.05, 4.69) is 15.4 Å². The Bertz CT molecular complexity index is 987. The lowest BCUT2D eigenvalue weighted by molar-refractivity contribution is 0.0949. The second kappa shape index (κ2) is 6.18. The highest BCUT2D eigenvalue weighted by Gasteiger charge is 2.16. The van der Waals surface area contributed by atoms with Crippen molar-refractivity contribution >= 4 is 34.2 Å². The van der Waals surface area contributed by atoms with E-state index >= 15 is 0 Å². The molecule has 0 saturated carbocycles. The number of nitrogens with zero attached hydrogens (tertiary/aromatic N) is 3. The topological polar surface area (TPSA) is 59.3 Å². The molecular formula is C17H14N4OS2. The molecular weight excluding hydrogens is 340 g/mol. The molecule has 120 valence electrons. The monoisotopic (exact) mass is 354 g/mol. The molecule has 5 nitrogen and oxygen atoms in total. The van der Waals surface area contributed by atoms with Crippen molar-refractivity contribution in [2.75, 3.05) is 0 Å². The minimum Gasteiger partial charge on any atom is -0.347 e. The van der Waals surface area contributed by atoms with Crippen LogP contribution in [0.3, 0.4) is 0 Å². The van der Waals surface area contributed by atoms with Crippen molar-refractivity contribution in [3.63, 3.8) is 0 Å². The number of hydrogen-bond acceptors (Lipinski definition) is 5. The van der Waals surface area contributed by atoms with Gasteiger partial charge in [0.1, 0.15) is 0 Å². The minimum absolute atomic E-state index is 0.136. The number of carbonyl (C=O) groups is 1. The summed E-state index contributed by atoms with van der Waals surface area (Å²) < 4.78 is 1.73. The predicted molar refractivity (Wildman–Crippen MR) is 96.5 cm³/mol. The van der Waals surface area contributed by atoms with E-state index in [9.17, 15) is 4.79 Å². The fourth-order valence-electron chi connectivity index (χ4n) is 2.55. The first kappa shape index (κ1) is 15.0. The Balaban J connectivity index is 1.65. The third-order valence-electron chi connectivity index (χ3n) is 3.80. The van der Waals surface area contributed by atoms with Crippen LogP contribution in [-0.4, -0.2) is 20.5 Å². The van der Waals surface area contributed by atoms with Crippen molar-refractivity contribution < 1.29 is 4.79 Å². The van der Waals surface area contributed by atoms with Crippen molar-refractivity contribution in [2.45, 2.75) is 13.5 Å². The number of thiophene rings is 2. The second-order valence-electron chi connectivity index (χ2n) is 5.29. The summed E-state index contributed by atoms with van der Waals surface area (Å²) in [7, 11) is 0. The van der Waals surface area contributed by atoms with Crippen LogP contribution in [0.4, 0.5) is 0 Å². The molecule has 4 aromatic rings. The molecule has 0 bridgehead atoms. The molecule has 0 fully saturated rings. The lowest BCUT2D eigenvalue weighted by Crippen LogP contribution is -2.24. The highest BCUT2D eigenvalue weighted by Crippen LogP contribution is 2.28. The molecule has 0 saturated heterocycles. The summed E-state index contributed by atoms with van der Waals surface area (Å²) >= 11 is 3.27. The molecule has 4 aromatic heterocycles. The number of nitrogens with one attached hydrogen (secondary N) is 1. The first-order valence-corrected chi connectivity index (χ1v) is 9.18. The number of aromatic nitrogens is 3. The van der Waals surface area contributed by atoms with E-state index < -0.39 is 0 Å². The van der Waals surface area contributed by atoms with Gasteiger partial charge in [-0.1, -0.05) is 12.1 Å². The van der Waals surface area contributed by atoms with Gasteiger partial charge in [0.2, 0.25) is 0 Å². The summed E-state index contributed by atoms with van der Waals surface area (Å²) in [5.41, 5.74) is 3.08. The molecule has 0 radical (unpaired) electrons. The van der Waals surface area contributed by atoms with E-state index in [1.807, 2.05) is 41.9 Å². The van der Waals surface area contributed by atoms with E-state index in [1.165, 1.54) is 0 Å². The van der Waals surface area contributed by atoms with Gasteiger partial charge in [-0.2, -0.15) is 5.10 Å². The summed E-state index contributed by atoms with van der Waals surface area (Å²) in [6, 6.07) is 8.02. The van der Waals surface area contributed by atoms with Crippen LogP contribution in [0.2, 0.25) is 0 Å². The van der Waals surface area contributed by atoms with E-state index in [0.29, 0.717) is 12.1 Å². The molecule has 0 atom stereocenters. The van der Waals surface area contributed by atoms with Crippen LogP contribution >= 0.6 is 22.7 Å². The first-order valence-electron chi connectivity index (χ1n) is 7.42. The van der Waals surface area contributed by atoms with Gasteiger partial charge in [-0.15, -0.1) is 22.7 Å². The van der Waals surface area contributed by atoms with Gasteiger partial charge < -0.3 is 5.32 Å². The summed E-state index contributed by atoms with van der Waals surface area (Å²) in [6.45, 7) is 2.41. The summed E-state index contributed by atoms with van der Waals surface area (Å²) in [5.74, 6) is -0.136. The Morgan fingerprint density at radius 3 is 2.79 bits per heavy atom. The van der Waals surface area contributed by atoms with Gasteiger partial charge in [-0.3, -0.25) is 4.79 Å². The molecule has 0 unspecified atom stereocenters. The average molecular weight is 354 g/mol. The third kappa shape index (κ3) is 2.61. The van der Waals surface area contributed by atoms with Crippen molar-refractivity contribution in [1.29, 1.82) is 0 Å². The van der Waals surface area contributed by atoms with Crippen LogP contribution in [-0.2, 0) is 6.54 Å². The minimum atomic E-state index is -0.136. The first-order chi connectivity index (χ1) is 11.7. The van der Waals surface area contributed by atoms with Crippen LogP contribution in [0.1, 0.15) is 20.9 Å². The van der Waals surface area contributed by atoms with Crippen molar-refractivity contribution in [1.82, 2.24) is 19.9 Å². The quantitative estimate of drug-likeness (QED) is 0.607. The van der Waals surface area contributed by atoms with Crippen LogP contribution in [0, 0.1) is 6.92 Å². The van der Waals surface area contributed by atoms with Crippen LogP contribution < -0.4 is 5.32 Å². The highest BCUT2D eigenvalue weighted by atomic mass is 32.1. The molecule has 0 aliphatic heterocycles. The zero-order valence-corrected chi connectivity index (χ0v) is 14.5. The van der Waals surface area contributed by atoms with Crippen LogP contribution in [0.15, 0.2) is 47.4 Å². The molecule has 0 aliphatic rings. The van der Waals surface area contributed by atoms with Gasteiger partial charge in [0.15, 0.2) is 5.65 Å². The number of hydrogen-bond donors (Lipinski definition) is 1. The van der Waals surface area contributed by atoms with Crippen LogP contribution in [0.5, 0.6) is 0 Å². The van der Waals surface area contributed by atoms with Gasteiger partial charge in [-0.05, 0) is 29.8 Å². The van der Waals surface area contributed by atoms with E-state index in [-0.39, 0.29) is 5.91 Å². The van der Waals surface area contributed by atoms with Crippen molar-refractivity contribution in [3.8, 4) is 10.4 Å². The van der Waals surface area contributed by atoms with Crippen molar-refractivity contribution in [2.24, 2.45) is 0 Å². The Hall–Kier alpha value is -2.51. The number of aryl methyl sites for hydroxylation is 1. The van der Waals surface area contributed by atoms with E-state index in [1.54, 1.807) is 39.6 Å². The van der Waals surface area contributed by atoms with Gasteiger partial charge in [0.05, 0.1) is 29.6 Å². The predicted octanol–water partition coefficient (Wildman–Crippen LogP) is 3.76. The lowest BCUT2D eigenvalue weighted by Gasteiger charge is -2.08. The Kier molecular flexibility index (Phi) is 3.87. The molecule has 4 heterocycles. The number of fused-ring (bicyclic) bond motifs is 1. The lowest BCUT2D eigenvalue weighted by atomic mass is 10.2. The van der Waals surface area contributed by atoms with E-state index in [0.717, 1.165) is 26.7 Å². The Morgan fingerprint density at radius 2 is 2.04 bits per heavy atom. The molecule has 0 aliphatic carbocycles. The molecule has 1 amide bonds. The smallest absolute Gasteiger partial charge is 0.254 e. The number of carbonyl (C=O) groups excluding carboxylic acids is 1. The largest absolute Gasteiger partial charge is 0.347 e. The van der Waals surface area contributed by atoms with Crippen molar-refractivity contribution in [3.05, 3.63) is 63.6 Å². The van der Waals surface area contributed by atoms with Gasteiger partial charge in [-0.25, -0.2) is 9.50 Å². The molecule has 0 spiro atoms. The average Bonchev–Trinajstić information content (AvgIpc) is 3.32. The fourth-order valence-corrected chi connectivity index (χ4v) is 3.93. The maximum atomic E-state index is 12.5. The Labute approximate surface area is 146 Å². The van der Waals surface area contributed by atoms with Crippen LogP contribution in [0.25, 0.3) is 16.1 Å². The van der Waals surface area contributed by atoms with Gasteiger partial charge in [0.25, 0.3) is 5.91 Å². The molecule has 4 rings (SSSR count). The number of rotatable bonds is 4. The molecule has 7 heteroatoms. The standard InChI is InChI=1S/C17H14N4OS2/c1-11-13(17(22)19-8-12-4-2-6-23-12)9-18-16-14(10-20-21(11)16)15-5-3-7-24-15/h2-7,9-10H,8H2,1H3,(H,19,22). The molecule has 1 N–H and O–H groups in total. The summed E-state index contributed by atoms with van der Waals surface area (Å²) in [5, 5.41) is 11.4. The summed E-state index contributed by atoms with van der Waals surface area (Å²) in [6.07, 6.45) is 3.43.